The minimum atomic E-state index is 0.0479. The van der Waals surface area contributed by atoms with E-state index in [9.17, 15) is 0 Å². The van der Waals surface area contributed by atoms with E-state index in [1.54, 1.807) is 6.20 Å². The predicted octanol–water partition coefficient (Wildman–Crippen LogP) is 2.60. The fraction of sp³-hybridized carbons (Fsp3) is 0.333. The van der Waals surface area contributed by atoms with Gasteiger partial charge in [0.15, 0.2) is 0 Å². The lowest BCUT2D eigenvalue weighted by atomic mass is 10.1. The van der Waals surface area contributed by atoms with Crippen LogP contribution < -0.4 is 11.1 Å². The largest absolute Gasteiger partial charge is 0.368 e. The van der Waals surface area contributed by atoms with Crippen LogP contribution >= 0.6 is 0 Å². The van der Waals surface area contributed by atoms with Crippen LogP contribution in [0.5, 0.6) is 0 Å². The van der Waals surface area contributed by atoms with Crippen LogP contribution in [-0.2, 0) is 0 Å². The molecule has 0 aliphatic rings. The number of aromatic nitrogens is 2. The van der Waals surface area contributed by atoms with Crippen LogP contribution in [-0.4, -0.2) is 16.5 Å². The molecular formula is C15H20N4. The van der Waals surface area contributed by atoms with Crippen LogP contribution in [0.3, 0.4) is 0 Å². The zero-order valence-corrected chi connectivity index (χ0v) is 11.4. The fourth-order valence-electron chi connectivity index (χ4n) is 1.92. The first-order valence-electron chi connectivity index (χ1n) is 6.51. The summed E-state index contributed by atoms with van der Waals surface area (Å²) < 4.78 is 0. The van der Waals surface area contributed by atoms with Gasteiger partial charge < -0.3 is 11.1 Å². The van der Waals surface area contributed by atoms with E-state index < -0.39 is 0 Å². The third-order valence-electron chi connectivity index (χ3n) is 3.05. The molecule has 1 aromatic heterocycles. The average Bonchev–Trinajstić information content (AvgIpc) is 2.43. The van der Waals surface area contributed by atoms with Crippen LogP contribution in [0.25, 0.3) is 0 Å². The maximum absolute atomic E-state index is 6.15. The van der Waals surface area contributed by atoms with Crippen molar-refractivity contribution in [3.63, 3.8) is 0 Å². The minimum absolute atomic E-state index is 0.0479. The summed E-state index contributed by atoms with van der Waals surface area (Å²) in [4.78, 5) is 8.71. The molecule has 2 aromatic rings. The van der Waals surface area contributed by atoms with E-state index >= 15 is 0 Å². The van der Waals surface area contributed by atoms with Gasteiger partial charge in [-0.15, -0.1) is 0 Å². The highest BCUT2D eigenvalue weighted by molar-refractivity contribution is 5.39. The number of nitrogens with two attached hydrogens (primary N) is 1. The summed E-state index contributed by atoms with van der Waals surface area (Å²) in [5.74, 6) is 0.847. The second-order valence-electron chi connectivity index (χ2n) is 4.68. The molecule has 100 valence electrons. The van der Waals surface area contributed by atoms with Crippen LogP contribution in [0.2, 0.25) is 0 Å². The molecule has 0 radical (unpaired) electrons. The highest BCUT2D eigenvalue weighted by atomic mass is 15.0. The number of rotatable bonds is 5. The Bertz CT molecular complexity index is 525. The second-order valence-corrected chi connectivity index (χ2v) is 4.68. The summed E-state index contributed by atoms with van der Waals surface area (Å²) in [6, 6.07) is 10.2. The van der Waals surface area contributed by atoms with Gasteiger partial charge in [-0.1, -0.05) is 30.3 Å². The topological polar surface area (TPSA) is 63.8 Å². The van der Waals surface area contributed by atoms with E-state index in [1.807, 2.05) is 32.0 Å². The first-order chi connectivity index (χ1) is 9.16. The quantitative estimate of drug-likeness (QED) is 0.863. The smallest absolute Gasteiger partial charge is 0.147 e. The van der Waals surface area contributed by atoms with Gasteiger partial charge in [0.05, 0.1) is 11.4 Å². The number of nitrogens with zero attached hydrogens (tertiary/aromatic N) is 2. The minimum Gasteiger partial charge on any atom is -0.368 e. The van der Waals surface area contributed by atoms with Gasteiger partial charge in [-0.3, -0.25) is 4.98 Å². The Morgan fingerprint density at radius 2 is 1.95 bits per heavy atom. The van der Waals surface area contributed by atoms with Crippen LogP contribution in [0.1, 0.15) is 29.4 Å². The molecular weight excluding hydrogens is 236 g/mol. The van der Waals surface area contributed by atoms with Gasteiger partial charge >= 0.3 is 0 Å². The third-order valence-corrected chi connectivity index (χ3v) is 3.05. The Morgan fingerprint density at radius 1 is 1.21 bits per heavy atom. The Kier molecular flexibility index (Phi) is 4.47. The number of anilines is 1. The van der Waals surface area contributed by atoms with E-state index in [1.165, 1.54) is 0 Å². The molecule has 4 heteroatoms. The molecule has 0 amide bonds. The summed E-state index contributed by atoms with van der Waals surface area (Å²) in [5.41, 5.74) is 9.15. The predicted molar refractivity (Wildman–Crippen MR) is 78.0 cm³/mol. The SMILES string of the molecule is Cc1cnc(C)c(NCCC(N)c2ccccc2)n1. The lowest BCUT2D eigenvalue weighted by Crippen LogP contribution is -2.16. The molecule has 0 bridgehead atoms. The van der Waals surface area contributed by atoms with Crippen molar-refractivity contribution in [3.8, 4) is 0 Å². The Balaban J connectivity index is 1.88. The van der Waals surface area contributed by atoms with E-state index in [-0.39, 0.29) is 6.04 Å². The van der Waals surface area contributed by atoms with Crippen molar-refractivity contribution in [2.75, 3.05) is 11.9 Å². The molecule has 1 heterocycles. The van der Waals surface area contributed by atoms with E-state index in [2.05, 4.69) is 27.4 Å². The zero-order valence-electron chi connectivity index (χ0n) is 11.4. The van der Waals surface area contributed by atoms with E-state index in [0.717, 1.165) is 35.7 Å². The lowest BCUT2D eigenvalue weighted by molar-refractivity contribution is 0.673. The molecule has 0 aliphatic carbocycles. The maximum Gasteiger partial charge on any atom is 0.147 e. The van der Waals surface area contributed by atoms with Crippen molar-refractivity contribution in [2.45, 2.75) is 26.3 Å². The van der Waals surface area contributed by atoms with Crippen molar-refractivity contribution in [1.82, 2.24) is 9.97 Å². The van der Waals surface area contributed by atoms with Crippen LogP contribution in [0.15, 0.2) is 36.5 Å². The summed E-state index contributed by atoms with van der Waals surface area (Å²) in [6.45, 7) is 4.67. The Labute approximate surface area is 114 Å². The Morgan fingerprint density at radius 3 is 2.68 bits per heavy atom. The van der Waals surface area contributed by atoms with Gasteiger partial charge in [0.2, 0.25) is 0 Å². The normalized spacial score (nSPS) is 12.2. The Hall–Kier alpha value is -1.94. The number of hydrogen-bond donors (Lipinski definition) is 2. The number of nitrogens with one attached hydrogen (secondary N) is 1. The zero-order chi connectivity index (χ0) is 13.7. The molecule has 1 atom stereocenters. The second kappa shape index (κ2) is 6.29. The van der Waals surface area contributed by atoms with Gasteiger partial charge in [0.25, 0.3) is 0 Å². The molecule has 19 heavy (non-hydrogen) atoms. The van der Waals surface area contributed by atoms with Crippen molar-refractivity contribution >= 4 is 5.82 Å². The number of hydrogen-bond acceptors (Lipinski definition) is 4. The van der Waals surface area contributed by atoms with Gasteiger partial charge in [0.1, 0.15) is 5.82 Å². The number of benzene rings is 1. The molecule has 0 saturated carbocycles. The average molecular weight is 256 g/mol. The van der Waals surface area contributed by atoms with Gasteiger partial charge in [-0.2, -0.15) is 0 Å². The first kappa shape index (κ1) is 13.5. The monoisotopic (exact) mass is 256 g/mol. The summed E-state index contributed by atoms with van der Waals surface area (Å²) in [5, 5.41) is 3.30. The van der Waals surface area contributed by atoms with Crippen molar-refractivity contribution in [3.05, 3.63) is 53.5 Å². The maximum atomic E-state index is 6.15. The summed E-state index contributed by atoms with van der Waals surface area (Å²) >= 11 is 0. The molecule has 4 nitrogen and oxygen atoms in total. The summed E-state index contributed by atoms with van der Waals surface area (Å²) in [6.07, 6.45) is 2.63. The molecule has 3 N–H and O–H groups in total. The van der Waals surface area contributed by atoms with Crippen LogP contribution in [0.4, 0.5) is 5.82 Å². The number of aryl methyl sites for hydroxylation is 2. The van der Waals surface area contributed by atoms with E-state index in [0.29, 0.717) is 0 Å². The van der Waals surface area contributed by atoms with Gasteiger partial charge in [-0.05, 0) is 25.8 Å². The van der Waals surface area contributed by atoms with E-state index in [4.69, 9.17) is 5.73 Å². The standard InChI is InChI=1S/C15H20N4/c1-11-10-18-12(2)15(19-11)17-9-8-14(16)13-6-4-3-5-7-13/h3-7,10,14H,8-9,16H2,1-2H3,(H,17,19). The van der Waals surface area contributed by atoms with Gasteiger partial charge in [0, 0.05) is 18.8 Å². The van der Waals surface area contributed by atoms with Crippen molar-refractivity contribution in [1.29, 1.82) is 0 Å². The molecule has 0 aliphatic heterocycles. The third kappa shape index (κ3) is 3.76. The molecule has 2 rings (SSSR count). The lowest BCUT2D eigenvalue weighted by Gasteiger charge is -2.13. The molecule has 1 aromatic carbocycles. The highest BCUT2D eigenvalue weighted by Gasteiger charge is 2.06. The molecule has 0 spiro atoms. The highest BCUT2D eigenvalue weighted by Crippen LogP contribution is 2.14. The van der Waals surface area contributed by atoms with Crippen molar-refractivity contribution in [2.24, 2.45) is 5.73 Å². The van der Waals surface area contributed by atoms with Gasteiger partial charge in [-0.25, -0.2) is 4.98 Å². The molecule has 0 saturated heterocycles. The summed E-state index contributed by atoms with van der Waals surface area (Å²) in [7, 11) is 0. The molecule has 1 unspecified atom stereocenters. The fourth-order valence-corrected chi connectivity index (χ4v) is 1.92. The van der Waals surface area contributed by atoms with Crippen molar-refractivity contribution < 1.29 is 0 Å². The molecule has 0 fully saturated rings. The first-order valence-corrected chi connectivity index (χ1v) is 6.51. The van der Waals surface area contributed by atoms with Crippen LogP contribution in [0, 0.1) is 13.8 Å².